The maximum Gasteiger partial charge on any atom is 0.0642 e. The highest BCUT2D eigenvalue weighted by molar-refractivity contribution is 5.55. The fourth-order valence-corrected chi connectivity index (χ4v) is 2.63. The third kappa shape index (κ3) is 2.66. The highest BCUT2D eigenvalue weighted by Gasteiger charge is 2.16. The van der Waals surface area contributed by atoms with Gasteiger partial charge in [0.1, 0.15) is 0 Å². The lowest BCUT2D eigenvalue weighted by molar-refractivity contribution is 0.122. The van der Waals surface area contributed by atoms with Gasteiger partial charge in [-0.15, -0.1) is 0 Å². The van der Waals surface area contributed by atoms with Crippen molar-refractivity contribution in [3.05, 3.63) is 28.8 Å². The van der Waals surface area contributed by atoms with Crippen LogP contribution in [0, 0.1) is 13.8 Å². The number of rotatable bonds is 3. The molecule has 4 nitrogen and oxygen atoms in total. The Bertz CT molecular complexity index is 391. The van der Waals surface area contributed by atoms with Gasteiger partial charge in [-0.05, 0) is 42.7 Å². The van der Waals surface area contributed by atoms with Crippen LogP contribution in [0.3, 0.4) is 0 Å². The lowest BCUT2D eigenvalue weighted by Crippen LogP contribution is -2.36. The highest BCUT2D eigenvalue weighted by Crippen LogP contribution is 2.27. The van der Waals surface area contributed by atoms with Crippen LogP contribution in [0.5, 0.6) is 0 Å². The van der Waals surface area contributed by atoms with Crippen molar-refractivity contribution >= 4 is 5.69 Å². The molecule has 1 atom stereocenters. The van der Waals surface area contributed by atoms with Crippen LogP contribution in [0.1, 0.15) is 22.7 Å². The summed E-state index contributed by atoms with van der Waals surface area (Å²) in [5.74, 6) is 0. The van der Waals surface area contributed by atoms with Crippen LogP contribution in [0.2, 0.25) is 0 Å². The fraction of sp³-hybridized carbons (Fsp3) is 0.571. The summed E-state index contributed by atoms with van der Waals surface area (Å²) in [6.45, 7) is 7.54. The second-order valence-corrected chi connectivity index (χ2v) is 4.88. The molecule has 1 heterocycles. The maximum atomic E-state index is 9.20. The SMILES string of the molecule is Cc1cc(N2CCOCC2)cc(C)c1[C@@H](N)CO. The van der Waals surface area contributed by atoms with Crippen molar-refractivity contribution in [2.45, 2.75) is 19.9 Å². The van der Waals surface area contributed by atoms with Crippen molar-refractivity contribution in [1.82, 2.24) is 0 Å². The van der Waals surface area contributed by atoms with Crippen LogP contribution in [-0.2, 0) is 4.74 Å². The summed E-state index contributed by atoms with van der Waals surface area (Å²) in [4.78, 5) is 2.33. The summed E-state index contributed by atoms with van der Waals surface area (Å²) >= 11 is 0. The summed E-state index contributed by atoms with van der Waals surface area (Å²) in [6, 6.07) is 4.02. The topological polar surface area (TPSA) is 58.7 Å². The Hall–Kier alpha value is -1.10. The fourth-order valence-electron chi connectivity index (χ4n) is 2.63. The van der Waals surface area contributed by atoms with Crippen LogP contribution in [0.25, 0.3) is 0 Å². The monoisotopic (exact) mass is 250 g/mol. The number of anilines is 1. The van der Waals surface area contributed by atoms with E-state index in [2.05, 4.69) is 30.9 Å². The molecule has 4 heteroatoms. The van der Waals surface area contributed by atoms with E-state index in [1.165, 1.54) is 5.69 Å². The van der Waals surface area contributed by atoms with E-state index in [0.717, 1.165) is 43.0 Å². The number of aryl methyl sites for hydroxylation is 2. The molecule has 0 radical (unpaired) electrons. The van der Waals surface area contributed by atoms with Crippen molar-refractivity contribution in [2.24, 2.45) is 5.73 Å². The molecular weight excluding hydrogens is 228 g/mol. The van der Waals surface area contributed by atoms with E-state index in [-0.39, 0.29) is 12.6 Å². The van der Waals surface area contributed by atoms with Gasteiger partial charge in [0.2, 0.25) is 0 Å². The third-order valence-electron chi connectivity index (χ3n) is 3.52. The largest absolute Gasteiger partial charge is 0.394 e. The highest BCUT2D eigenvalue weighted by atomic mass is 16.5. The van der Waals surface area contributed by atoms with Gasteiger partial charge in [-0.25, -0.2) is 0 Å². The average molecular weight is 250 g/mol. The first-order valence-electron chi connectivity index (χ1n) is 6.43. The summed E-state index contributed by atoms with van der Waals surface area (Å²) < 4.78 is 5.37. The van der Waals surface area contributed by atoms with Crippen LogP contribution in [-0.4, -0.2) is 38.0 Å². The number of ether oxygens (including phenoxy) is 1. The van der Waals surface area contributed by atoms with Crippen molar-refractivity contribution in [1.29, 1.82) is 0 Å². The van der Waals surface area contributed by atoms with E-state index in [0.29, 0.717) is 0 Å². The summed E-state index contributed by atoms with van der Waals surface area (Å²) in [7, 11) is 0. The van der Waals surface area contributed by atoms with Crippen molar-refractivity contribution in [2.75, 3.05) is 37.8 Å². The molecule has 1 aromatic rings. The average Bonchev–Trinajstić information content (AvgIpc) is 2.38. The number of aliphatic hydroxyl groups excluding tert-OH is 1. The zero-order valence-corrected chi connectivity index (χ0v) is 11.1. The molecule has 2 rings (SSSR count). The normalized spacial score (nSPS) is 17.9. The van der Waals surface area contributed by atoms with E-state index in [1.54, 1.807) is 0 Å². The Balaban J connectivity index is 2.29. The van der Waals surface area contributed by atoms with E-state index in [9.17, 15) is 5.11 Å². The maximum absolute atomic E-state index is 9.20. The standard InChI is InChI=1S/C14H22N2O2/c1-10-7-12(16-3-5-18-6-4-16)8-11(2)14(10)13(15)9-17/h7-8,13,17H,3-6,9,15H2,1-2H3/t13-/m0/s1. The number of morpholine rings is 1. The number of aliphatic hydroxyl groups is 1. The Morgan fingerprint density at radius 3 is 2.33 bits per heavy atom. The molecule has 0 aliphatic carbocycles. The zero-order chi connectivity index (χ0) is 13.1. The smallest absolute Gasteiger partial charge is 0.0642 e. The molecular formula is C14H22N2O2. The van der Waals surface area contributed by atoms with E-state index < -0.39 is 0 Å². The zero-order valence-electron chi connectivity index (χ0n) is 11.1. The van der Waals surface area contributed by atoms with Crippen LogP contribution < -0.4 is 10.6 Å². The van der Waals surface area contributed by atoms with Crippen molar-refractivity contribution < 1.29 is 9.84 Å². The Morgan fingerprint density at radius 1 is 1.28 bits per heavy atom. The molecule has 0 amide bonds. The third-order valence-corrected chi connectivity index (χ3v) is 3.52. The lowest BCUT2D eigenvalue weighted by Gasteiger charge is -2.30. The molecule has 1 aliphatic heterocycles. The Morgan fingerprint density at radius 2 is 1.83 bits per heavy atom. The first kappa shape index (κ1) is 13.3. The van der Waals surface area contributed by atoms with Gasteiger partial charge < -0.3 is 20.5 Å². The molecule has 1 fully saturated rings. The molecule has 0 bridgehead atoms. The van der Waals surface area contributed by atoms with Gasteiger partial charge in [0.05, 0.1) is 25.9 Å². The minimum absolute atomic E-state index is 0.0153. The van der Waals surface area contributed by atoms with Crippen LogP contribution in [0.15, 0.2) is 12.1 Å². The molecule has 0 saturated carbocycles. The quantitative estimate of drug-likeness (QED) is 0.844. The number of nitrogens with two attached hydrogens (primary N) is 1. The molecule has 0 spiro atoms. The minimum Gasteiger partial charge on any atom is -0.394 e. The predicted molar refractivity (Wildman–Crippen MR) is 73.0 cm³/mol. The second-order valence-electron chi connectivity index (χ2n) is 4.88. The number of hydrogen-bond acceptors (Lipinski definition) is 4. The van der Waals surface area contributed by atoms with E-state index in [1.807, 2.05) is 0 Å². The van der Waals surface area contributed by atoms with Gasteiger partial charge in [-0.1, -0.05) is 0 Å². The van der Waals surface area contributed by atoms with Gasteiger partial charge in [-0.2, -0.15) is 0 Å². The minimum atomic E-state index is -0.288. The molecule has 0 aromatic heterocycles. The first-order chi connectivity index (χ1) is 8.63. The van der Waals surface area contributed by atoms with Gasteiger partial charge in [0.15, 0.2) is 0 Å². The van der Waals surface area contributed by atoms with Crippen molar-refractivity contribution in [3.8, 4) is 0 Å². The molecule has 100 valence electrons. The second kappa shape index (κ2) is 5.69. The molecule has 18 heavy (non-hydrogen) atoms. The molecule has 3 N–H and O–H groups in total. The van der Waals surface area contributed by atoms with Gasteiger partial charge in [0.25, 0.3) is 0 Å². The summed E-state index contributed by atoms with van der Waals surface area (Å²) in [5.41, 5.74) is 10.5. The van der Waals surface area contributed by atoms with Gasteiger partial charge >= 0.3 is 0 Å². The molecule has 0 unspecified atom stereocenters. The van der Waals surface area contributed by atoms with Crippen molar-refractivity contribution in [3.63, 3.8) is 0 Å². The van der Waals surface area contributed by atoms with Gasteiger partial charge in [-0.3, -0.25) is 0 Å². The Labute approximate surface area is 108 Å². The number of benzene rings is 1. The van der Waals surface area contributed by atoms with E-state index in [4.69, 9.17) is 10.5 Å². The number of hydrogen-bond donors (Lipinski definition) is 2. The Kier molecular flexibility index (Phi) is 4.22. The molecule has 1 aromatic carbocycles. The molecule has 1 aliphatic rings. The lowest BCUT2D eigenvalue weighted by atomic mass is 9.96. The predicted octanol–water partition coefficient (Wildman–Crippen LogP) is 1.13. The number of nitrogens with zero attached hydrogens (tertiary/aromatic N) is 1. The van der Waals surface area contributed by atoms with Gasteiger partial charge in [0, 0.05) is 18.8 Å². The molecule has 1 saturated heterocycles. The van der Waals surface area contributed by atoms with E-state index >= 15 is 0 Å². The summed E-state index contributed by atoms with van der Waals surface area (Å²) in [5, 5.41) is 9.20. The summed E-state index contributed by atoms with van der Waals surface area (Å²) in [6.07, 6.45) is 0. The first-order valence-corrected chi connectivity index (χ1v) is 6.43. The van der Waals surface area contributed by atoms with Crippen LogP contribution in [0.4, 0.5) is 5.69 Å². The van der Waals surface area contributed by atoms with Crippen LogP contribution >= 0.6 is 0 Å².